The van der Waals surface area contributed by atoms with E-state index >= 15 is 0 Å². The number of nitrogens with two attached hydrogens (primary N) is 1. The highest BCUT2D eigenvalue weighted by Crippen LogP contribution is 2.15. The van der Waals surface area contributed by atoms with Gasteiger partial charge < -0.3 is 15.8 Å². The third-order valence-corrected chi connectivity index (χ3v) is 4.16. The van der Waals surface area contributed by atoms with E-state index in [0.29, 0.717) is 17.1 Å². The number of nitrogens with one attached hydrogen (secondary N) is 1. The molecule has 2 heterocycles. The molecule has 1 saturated heterocycles. The Labute approximate surface area is 172 Å². The van der Waals surface area contributed by atoms with Crippen molar-refractivity contribution in [3.05, 3.63) is 53.7 Å². The second kappa shape index (κ2) is 10.5. The summed E-state index contributed by atoms with van der Waals surface area (Å²) in [5.74, 6) is 0.265. The van der Waals surface area contributed by atoms with E-state index in [1.54, 1.807) is 18.3 Å². The van der Waals surface area contributed by atoms with Gasteiger partial charge in [-0.25, -0.2) is 4.98 Å². The van der Waals surface area contributed by atoms with Crippen LogP contribution in [0.5, 0.6) is 0 Å². The minimum Gasteiger partial charge on any atom is -0.384 e. The van der Waals surface area contributed by atoms with Crippen LogP contribution in [0, 0.1) is 0 Å². The highest BCUT2D eigenvalue weighted by atomic mass is 35.5. The van der Waals surface area contributed by atoms with E-state index in [2.05, 4.69) is 29.0 Å². The number of pyridine rings is 1. The molecule has 1 aromatic carbocycles. The molecule has 2 atom stereocenters. The van der Waals surface area contributed by atoms with Crippen molar-refractivity contribution in [1.29, 1.82) is 0 Å². The number of hydrogen-bond donors (Lipinski definition) is 2. The van der Waals surface area contributed by atoms with E-state index in [1.807, 2.05) is 24.3 Å². The molecule has 8 heteroatoms. The fourth-order valence-corrected chi connectivity index (χ4v) is 3.12. The van der Waals surface area contributed by atoms with Gasteiger partial charge in [0.15, 0.2) is 0 Å². The van der Waals surface area contributed by atoms with Crippen LogP contribution < -0.4 is 11.1 Å². The first-order valence-corrected chi connectivity index (χ1v) is 8.49. The van der Waals surface area contributed by atoms with Gasteiger partial charge in [-0.05, 0) is 43.7 Å². The van der Waals surface area contributed by atoms with Gasteiger partial charge in [0.05, 0.1) is 24.1 Å². The highest BCUT2D eigenvalue weighted by Gasteiger charge is 2.22. The maximum absolute atomic E-state index is 12.3. The summed E-state index contributed by atoms with van der Waals surface area (Å²) in [6.45, 7) is 6.92. The van der Waals surface area contributed by atoms with Gasteiger partial charge in [0.25, 0.3) is 5.91 Å². The fourth-order valence-electron chi connectivity index (χ4n) is 3.12. The van der Waals surface area contributed by atoms with Crippen molar-refractivity contribution in [2.45, 2.75) is 32.6 Å². The molecule has 0 radical (unpaired) electrons. The van der Waals surface area contributed by atoms with Crippen molar-refractivity contribution in [3.63, 3.8) is 0 Å². The molecule has 1 aliphatic heterocycles. The summed E-state index contributed by atoms with van der Waals surface area (Å²) >= 11 is 0. The third-order valence-electron chi connectivity index (χ3n) is 4.16. The number of rotatable bonds is 4. The Morgan fingerprint density at radius 2 is 1.78 bits per heavy atom. The maximum atomic E-state index is 12.3. The van der Waals surface area contributed by atoms with Crippen molar-refractivity contribution in [2.24, 2.45) is 0 Å². The summed E-state index contributed by atoms with van der Waals surface area (Å²) in [5.41, 5.74) is 7.97. The maximum Gasteiger partial charge on any atom is 0.255 e. The lowest BCUT2D eigenvalue weighted by Crippen LogP contribution is -2.44. The van der Waals surface area contributed by atoms with E-state index in [1.165, 1.54) is 5.56 Å². The number of morpholine rings is 1. The van der Waals surface area contributed by atoms with Crippen LogP contribution in [0.15, 0.2) is 42.6 Å². The first-order valence-electron chi connectivity index (χ1n) is 8.49. The van der Waals surface area contributed by atoms with E-state index in [9.17, 15) is 4.79 Å². The van der Waals surface area contributed by atoms with Crippen molar-refractivity contribution in [1.82, 2.24) is 9.88 Å². The van der Waals surface area contributed by atoms with Crippen LogP contribution in [0.3, 0.4) is 0 Å². The van der Waals surface area contributed by atoms with Crippen molar-refractivity contribution in [3.8, 4) is 0 Å². The number of ether oxygens (including phenoxy) is 1. The molecule has 1 amide bonds. The van der Waals surface area contributed by atoms with Gasteiger partial charge in [0.1, 0.15) is 5.82 Å². The monoisotopic (exact) mass is 412 g/mol. The van der Waals surface area contributed by atoms with Crippen LogP contribution in [-0.4, -0.2) is 41.1 Å². The van der Waals surface area contributed by atoms with E-state index in [0.717, 1.165) is 19.6 Å². The summed E-state index contributed by atoms with van der Waals surface area (Å²) in [7, 11) is 0. The standard InChI is InChI=1S/C19H24N4O2.2ClH/c1-13-10-23(11-14(2)25-13)12-15-3-5-16(6-4-15)19(24)22-17-7-8-18(20)21-9-17;;/h3-9,13-14H,10-12H2,1-2H3,(H2,20,21)(H,22,24);2*1H. The molecule has 27 heavy (non-hydrogen) atoms. The van der Waals surface area contributed by atoms with Crippen LogP contribution in [0.1, 0.15) is 29.8 Å². The minimum absolute atomic E-state index is 0. The van der Waals surface area contributed by atoms with Crippen molar-refractivity contribution >= 4 is 42.2 Å². The number of amides is 1. The number of carbonyl (C=O) groups excluding carboxylic acids is 1. The zero-order chi connectivity index (χ0) is 17.8. The van der Waals surface area contributed by atoms with Gasteiger partial charge in [0.2, 0.25) is 0 Å². The van der Waals surface area contributed by atoms with Crippen LogP contribution in [0.25, 0.3) is 0 Å². The summed E-state index contributed by atoms with van der Waals surface area (Å²) in [5, 5.41) is 2.81. The normalized spacial score (nSPS) is 19.5. The number of aromatic nitrogens is 1. The molecule has 148 valence electrons. The first kappa shape index (κ1) is 23.2. The number of anilines is 2. The molecule has 1 aliphatic rings. The fraction of sp³-hybridized carbons (Fsp3) is 0.368. The van der Waals surface area contributed by atoms with Gasteiger partial charge >= 0.3 is 0 Å². The smallest absolute Gasteiger partial charge is 0.255 e. The molecule has 6 nitrogen and oxygen atoms in total. The number of carbonyl (C=O) groups is 1. The molecule has 0 spiro atoms. The molecule has 3 rings (SSSR count). The van der Waals surface area contributed by atoms with Gasteiger partial charge in [-0.2, -0.15) is 0 Å². The third kappa shape index (κ3) is 6.66. The zero-order valence-corrected chi connectivity index (χ0v) is 17.1. The number of nitrogens with zero attached hydrogens (tertiary/aromatic N) is 2. The van der Waals surface area contributed by atoms with E-state index < -0.39 is 0 Å². The Balaban J connectivity index is 0.00000182. The molecule has 2 aromatic rings. The number of hydrogen-bond acceptors (Lipinski definition) is 5. The average Bonchev–Trinajstić information content (AvgIpc) is 2.56. The second-order valence-corrected chi connectivity index (χ2v) is 6.57. The van der Waals surface area contributed by atoms with Crippen LogP contribution in [0.2, 0.25) is 0 Å². The van der Waals surface area contributed by atoms with Crippen molar-refractivity contribution in [2.75, 3.05) is 24.1 Å². The van der Waals surface area contributed by atoms with Gasteiger partial charge in [-0.15, -0.1) is 24.8 Å². The van der Waals surface area contributed by atoms with Crippen molar-refractivity contribution < 1.29 is 9.53 Å². The van der Waals surface area contributed by atoms with Gasteiger partial charge in [-0.1, -0.05) is 12.1 Å². The van der Waals surface area contributed by atoms with E-state index in [-0.39, 0.29) is 42.9 Å². The molecule has 0 aliphatic carbocycles. The molecular formula is C19H26Cl2N4O2. The van der Waals surface area contributed by atoms with Crippen LogP contribution in [-0.2, 0) is 11.3 Å². The Morgan fingerprint density at radius 3 is 2.33 bits per heavy atom. The number of halogens is 2. The predicted octanol–water partition coefficient (Wildman–Crippen LogP) is 3.37. The van der Waals surface area contributed by atoms with Crippen LogP contribution >= 0.6 is 24.8 Å². The summed E-state index contributed by atoms with van der Waals surface area (Å²) in [6, 6.07) is 11.1. The Morgan fingerprint density at radius 1 is 1.15 bits per heavy atom. The molecule has 3 N–H and O–H groups in total. The molecule has 1 fully saturated rings. The van der Waals surface area contributed by atoms with Gasteiger partial charge in [0, 0.05) is 25.2 Å². The van der Waals surface area contributed by atoms with E-state index in [4.69, 9.17) is 10.5 Å². The lowest BCUT2D eigenvalue weighted by atomic mass is 10.1. The van der Waals surface area contributed by atoms with Crippen LogP contribution in [0.4, 0.5) is 11.5 Å². The average molecular weight is 413 g/mol. The van der Waals surface area contributed by atoms with Gasteiger partial charge in [-0.3, -0.25) is 9.69 Å². The molecule has 2 unspecified atom stereocenters. The summed E-state index contributed by atoms with van der Waals surface area (Å²) in [4.78, 5) is 18.6. The predicted molar refractivity (Wildman–Crippen MR) is 113 cm³/mol. The Hall–Kier alpha value is -1.86. The zero-order valence-electron chi connectivity index (χ0n) is 15.4. The minimum atomic E-state index is -0.160. The first-order chi connectivity index (χ1) is 12.0. The Kier molecular flexibility index (Phi) is 8.99. The lowest BCUT2D eigenvalue weighted by molar-refractivity contribution is -0.0704. The highest BCUT2D eigenvalue weighted by molar-refractivity contribution is 6.04. The SMILES string of the molecule is CC1CN(Cc2ccc(C(=O)Nc3ccc(N)nc3)cc2)CC(C)O1.Cl.Cl. The largest absolute Gasteiger partial charge is 0.384 e. The summed E-state index contributed by atoms with van der Waals surface area (Å²) in [6.07, 6.45) is 2.05. The Bertz CT molecular complexity index is 715. The number of benzene rings is 1. The summed E-state index contributed by atoms with van der Waals surface area (Å²) < 4.78 is 5.76. The molecule has 0 bridgehead atoms. The quantitative estimate of drug-likeness (QED) is 0.804. The molecular weight excluding hydrogens is 387 g/mol. The lowest BCUT2D eigenvalue weighted by Gasteiger charge is -2.35. The molecule has 1 aromatic heterocycles. The topological polar surface area (TPSA) is 80.5 Å². The number of nitrogen functional groups attached to an aromatic ring is 1. The molecule has 0 saturated carbocycles. The second-order valence-electron chi connectivity index (χ2n) is 6.57.